The number of carbonyl (C=O) groups is 3. The van der Waals surface area contributed by atoms with Gasteiger partial charge in [0.1, 0.15) is 18.0 Å². The van der Waals surface area contributed by atoms with E-state index in [1.807, 2.05) is 6.92 Å². The van der Waals surface area contributed by atoms with E-state index in [0.29, 0.717) is 23.9 Å². The zero-order valence-electron chi connectivity index (χ0n) is 16.2. The summed E-state index contributed by atoms with van der Waals surface area (Å²) in [5.41, 5.74) is 0.199. The average Bonchev–Trinajstić information content (AvgIpc) is 3.30. The number of thiazole rings is 2. The number of aliphatic carboxylic acids is 2. The predicted molar refractivity (Wildman–Crippen MR) is 107 cm³/mol. The second kappa shape index (κ2) is 14.3. The van der Waals surface area contributed by atoms with Crippen LogP contribution in [0, 0.1) is 13.8 Å². The number of nitrogens with two attached hydrogens (primary N) is 1. The lowest BCUT2D eigenvalue weighted by Crippen LogP contribution is -2.15. The molecule has 2 rings (SSSR count). The van der Waals surface area contributed by atoms with Gasteiger partial charge < -0.3 is 19.9 Å². The normalized spacial score (nSPS) is 10.2. The lowest BCUT2D eigenvalue weighted by atomic mass is 10.3. The van der Waals surface area contributed by atoms with E-state index in [-0.39, 0.29) is 11.4 Å². The Bertz CT molecular complexity index is 831. The maximum Gasteiger partial charge on any atom is 0.378 e. The van der Waals surface area contributed by atoms with Crippen LogP contribution < -0.4 is 5.90 Å². The molecule has 2 aromatic heterocycles. The minimum Gasteiger partial charge on any atom is -0.476 e. The Morgan fingerprint density at radius 2 is 1.48 bits per heavy atom. The van der Waals surface area contributed by atoms with Crippen molar-refractivity contribution in [2.24, 2.45) is 11.1 Å². The Labute approximate surface area is 174 Å². The first kappa shape index (κ1) is 26.3. The number of carboxylic acids is 2. The van der Waals surface area contributed by atoms with Gasteiger partial charge in [0, 0.05) is 10.8 Å². The molecule has 0 bridgehead atoms. The van der Waals surface area contributed by atoms with Crippen molar-refractivity contribution in [3.63, 3.8) is 0 Å². The minimum atomic E-state index is -1.46. The maximum atomic E-state index is 10.8. The summed E-state index contributed by atoms with van der Waals surface area (Å²) in [5, 5.41) is 25.1. The summed E-state index contributed by atoms with van der Waals surface area (Å²) in [4.78, 5) is 48.1. The van der Waals surface area contributed by atoms with Crippen molar-refractivity contribution < 1.29 is 34.3 Å². The molecule has 0 saturated carbocycles. The third-order valence-electron chi connectivity index (χ3n) is 2.56. The first-order chi connectivity index (χ1) is 13.7. The lowest BCUT2D eigenvalue weighted by Gasteiger charge is -1.96. The van der Waals surface area contributed by atoms with Crippen LogP contribution in [0.4, 0.5) is 0 Å². The van der Waals surface area contributed by atoms with Crippen molar-refractivity contribution in [2.45, 2.75) is 27.7 Å². The van der Waals surface area contributed by atoms with Gasteiger partial charge in [-0.15, -0.1) is 22.7 Å². The third kappa shape index (κ3) is 10.4. The molecule has 2 heterocycles. The average molecular weight is 447 g/mol. The molecular formula is C16H22N4O7S2. The lowest BCUT2D eigenvalue weighted by molar-refractivity contribution is -0.132. The largest absolute Gasteiger partial charge is 0.476 e. The number of ketones is 1. The molecule has 0 aliphatic rings. The molecule has 2 aromatic rings. The van der Waals surface area contributed by atoms with Crippen LogP contribution in [0.25, 0.3) is 0 Å². The molecule has 0 saturated heterocycles. The zero-order chi connectivity index (χ0) is 22.4. The van der Waals surface area contributed by atoms with Crippen LogP contribution in [0.15, 0.2) is 15.9 Å². The highest BCUT2D eigenvalue weighted by Gasteiger charge is 2.17. The smallest absolute Gasteiger partial charge is 0.378 e. The molecule has 13 heteroatoms. The Morgan fingerprint density at radius 1 is 1.00 bits per heavy atom. The standard InChI is InChI=1S/C8H10N2O3S.C6H5NO3S.C2H7NO/c1-3-13-10-7(8(11)12)6-4-14-5(2)9-6;1-3-7-4(2-11-3)5(8)6(9)10;1-2-4-3/h4H,3H2,1-2H3,(H,11,12);2H,1H3,(H,9,10);2-3H2,1H3/b10-7-;;. The number of Topliss-reactive ketones (excluding diaryl/α,β-unsaturated/α-hetero) is 1. The van der Waals surface area contributed by atoms with Crippen molar-refractivity contribution in [1.29, 1.82) is 0 Å². The van der Waals surface area contributed by atoms with Gasteiger partial charge in [-0.3, -0.25) is 4.79 Å². The van der Waals surface area contributed by atoms with E-state index in [0.717, 1.165) is 5.01 Å². The molecule has 4 N–H and O–H groups in total. The monoisotopic (exact) mass is 446 g/mol. The van der Waals surface area contributed by atoms with Crippen LogP contribution in [-0.4, -0.2) is 56.8 Å². The number of hydrogen-bond donors (Lipinski definition) is 3. The van der Waals surface area contributed by atoms with Gasteiger partial charge in [0.15, 0.2) is 0 Å². The SMILES string of the molecule is CCO/N=C(\C(=O)O)c1csc(C)n1.CCON.Cc1nc(C(=O)C(=O)O)cs1. The van der Waals surface area contributed by atoms with E-state index in [9.17, 15) is 14.4 Å². The molecule has 11 nitrogen and oxygen atoms in total. The van der Waals surface area contributed by atoms with Crippen LogP contribution in [-0.2, 0) is 19.3 Å². The van der Waals surface area contributed by atoms with Gasteiger partial charge in [0.2, 0.25) is 5.71 Å². The van der Waals surface area contributed by atoms with Crippen molar-refractivity contribution >= 4 is 46.1 Å². The number of carboxylic acid groups (broad SMARTS) is 2. The number of carbonyl (C=O) groups excluding carboxylic acids is 1. The van der Waals surface area contributed by atoms with Gasteiger partial charge >= 0.3 is 11.9 Å². The fourth-order valence-corrected chi connectivity index (χ4v) is 2.56. The second-order valence-electron chi connectivity index (χ2n) is 4.76. The van der Waals surface area contributed by atoms with Crippen LogP contribution in [0.1, 0.15) is 40.0 Å². The van der Waals surface area contributed by atoms with E-state index in [1.54, 1.807) is 26.2 Å². The van der Waals surface area contributed by atoms with Gasteiger partial charge in [-0.1, -0.05) is 5.16 Å². The number of oxime groups is 1. The highest BCUT2D eigenvalue weighted by Crippen LogP contribution is 2.09. The molecule has 0 radical (unpaired) electrons. The first-order valence-electron chi connectivity index (χ1n) is 8.04. The molecule has 0 aliphatic heterocycles. The number of aryl methyl sites for hydroxylation is 2. The Kier molecular flexibility index (Phi) is 12.9. The number of nitrogens with zero attached hydrogens (tertiary/aromatic N) is 3. The number of aromatic nitrogens is 2. The molecular weight excluding hydrogens is 424 g/mol. The van der Waals surface area contributed by atoms with Crippen LogP contribution >= 0.6 is 22.7 Å². The molecule has 0 aliphatic carbocycles. The van der Waals surface area contributed by atoms with Gasteiger partial charge in [0.05, 0.1) is 16.6 Å². The number of rotatable bonds is 7. The van der Waals surface area contributed by atoms with Gasteiger partial charge in [-0.25, -0.2) is 25.5 Å². The summed E-state index contributed by atoms with van der Waals surface area (Å²) in [6.45, 7) is 8.01. The van der Waals surface area contributed by atoms with Gasteiger partial charge in [-0.05, 0) is 27.7 Å². The van der Waals surface area contributed by atoms with E-state index in [4.69, 9.17) is 15.1 Å². The highest BCUT2D eigenvalue weighted by molar-refractivity contribution is 7.10. The molecule has 0 spiro atoms. The molecule has 0 fully saturated rings. The summed E-state index contributed by atoms with van der Waals surface area (Å²) >= 11 is 2.63. The van der Waals surface area contributed by atoms with Crippen molar-refractivity contribution in [2.75, 3.05) is 13.2 Å². The van der Waals surface area contributed by atoms with Gasteiger partial charge in [-0.2, -0.15) is 0 Å². The first-order valence-corrected chi connectivity index (χ1v) is 9.80. The fourth-order valence-electron chi connectivity index (χ4n) is 1.37. The molecule has 0 unspecified atom stereocenters. The Morgan fingerprint density at radius 3 is 1.79 bits per heavy atom. The topological polar surface area (TPSA) is 174 Å². The summed E-state index contributed by atoms with van der Waals surface area (Å²) in [6, 6.07) is 0. The summed E-state index contributed by atoms with van der Waals surface area (Å²) in [7, 11) is 0. The van der Waals surface area contributed by atoms with E-state index in [2.05, 4.69) is 25.9 Å². The minimum absolute atomic E-state index is 0.0139. The molecule has 0 aromatic carbocycles. The highest BCUT2D eigenvalue weighted by atomic mass is 32.1. The maximum absolute atomic E-state index is 10.8. The molecule has 0 amide bonds. The third-order valence-corrected chi connectivity index (χ3v) is 4.11. The van der Waals surface area contributed by atoms with E-state index >= 15 is 0 Å². The Balaban J connectivity index is 0.000000466. The van der Waals surface area contributed by atoms with Crippen molar-refractivity contribution in [3.8, 4) is 0 Å². The fraction of sp³-hybridized carbons (Fsp3) is 0.375. The van der Waals surface area contributed by atoms with Gasteiger partial charge in [0.25, 0.3) is 5.78 Å². The van der Waals surface area contributed by atoms with Crippen LogP contribution in [0.3, 0.4) is 0 Å². The number of hydrogen-bond acceptors (Lipinski definition) is 11. The predicted octanol–water partition coefficient (Wildman–Crippen LogP) is 1.89. The summed E-state index contributed by atoms with van der Waals surface area (Å²) < 4.78 is 0. The molecule has 160 valence electrons. The van der Waals surface area contributed by atoms with E-state index in [1.165, 1.54) is 28.1 Å². The zero-order valence-corrected chi connectivity index (χ0v) is 17.9. The second-order valence-corrected chi connectivity index (χ2v) is 6.88. The van der Waals surface area contributed by atoms with E-state index < -0.39 is 17.7 Å². The quantitative estimate of drug-likeness (QED) is 0.246. The Hall–Kier alpha value is -2.74. The van der Waals surface area contributed by atoms with Crippen molar-refractivity contribution in [3.05, 3.63) is 32.2 Å². The molecule has 29 heavy (non-hydrogen) atoms. The van der Waals surface area contributed by atoms with Crippen LogP contribution in [0.5, 0.6) is 0 Å². The molecule has 0 atom stereocenters. The summed E-state index contributed by atoms with van der Waals surface area (Å²) in [6.07, 6.45) is 0. The summed E-state index contributed by atoms with van der Waals surface area (Å²) in [5.74, 6) is 0.980. The van der Waals surface area contributed by atoms with Crippen molar-refractivity contribution in [1.82, 2.24) is 9.97 Å². The van der Waals surface area contributed by atoms with Crippen LogP contribution in [0.2, 0.25) is 0 Å².